The van der Waals surface area contributed by atoms with Gasteiger partial charge in [0.25, 0.3) is 5.91 Å². The van der Waals surface area contributed by atoms with Crippen molar-refractivity contribution in [1.82, 2.24) is 24.8 Å². The molecule has 2 unspecified atom stereocenters. The van der Waals surface area contributed by atoms with Gasteiger partial charge in [-0.25, -0.2) is 9.50 Å². The summed E-state index contributed by atoms with van der Waals surface area (Å²) in [6.07, 6.45) is 6.27. The fourth-order valence-corrected chi connectivity index (χ4v) is 4.07. The molecule has 2 aliphatic rings. The van der Waals surface area contributed by atoms with Gasteiger partial charge < -0.3 is 10.2 Å². The van der Waals surface area contributed by atoms with Gasteiger partial charge in [-0.05, 0) is 39.5 Å². The minimum Gasteiger partial charge on any atom is -0.338 e. The van der Waals surface area contributed by atoms with Crippen molar-refractivity contribution >= 4 is 24.0 Å². The van der Waals surface area contributed by atoms with E-state index in [1.807, 2.05) is 31.9 Å². The van der Waals surface area contributed by atoms with Crippen molar-refractivity contribution in [3.63, 3.8) is 0 Å². The average molecular weight is 350 g/mol. The Morgan fingerprint density at radius 3 is 2.62 bits per heavy atom. The van der Waals surface area contributed by atoms with Gasteiger partial charge >= 0.3 is 0 Å². The summed E-state index contributed by atoms with van der Waals surface area (Å²) >= 11 is 0. The molecule has 4 rings (SSSR count). The third kappa shape index (κ3) is 2.78. The fraction of sp³-hybridized carbons (Fsp3) is 0.588. The molecule has 0 saturated carbocycles. The quantitative estimate of drug-likeness (QED) is 0.902. The van der Waals surface area contributed by atoms with Gasteiger partial charge in [0.15, 0.2) is 5.65 Å². The number of amides is 1. The van der Waals surface area contributed by atoms with E-state index in [4.69, 9.17) is 0 Å². The molecule has 2 bridgehead atoms. The number of hydrogen-bond acceptors (Lipinski definition) is 4. The number of rotatable bonds is 2. The number of aromatic nitrogens is 3. The van der Waals surface area contributed by atoms with Gasteiger partial charge in [-0.2, -0.15) is 5.10 Å². The fourth-order valence-electron chi connectivity index (χ4n) is 4.07. The minimum atomic E-state index is 0. The van der Waals surface area contributed by atoms with E-state index in [0.29, 0.717) is 23.7 Å². The smallest absolute Gasteiger partial charge is 0.257 e. The monoisotopic (exact) mass is 349 g/mol. The van der Waals surface area contributed by atoms with Crippen LogP contribution in [0.2, 0.25) is 0 Å². The summed E-state index contributed by atoms with van der Waals surface area (Å²) < 4.78 is 1.77. The molecule has 1 amide bonds. The number of carbonyl (C=O) groups is 1. The molecule has 2 aromatic rings. The maximum Gasteiger partial charge on any atom is 0.257 e. The lowest BCUT2D eigenvalue weighted by molar-refractivity contribution is 0.0679. The van der Waals surface area contributed by atoms with E-state index in [-0.39, 0.29) is 18.3 Å². The van der Waals surface area contributed by atoms with Gasteiger partial charge in [-0.3, -0.25) is 4.79 Å². The van der Waals surface area contributed by atoms with E-state index < -0.39 is 0 Å². The Hall–Kier alpha value is -1.66. The second kappa shape index (κ2) is 6.33. The molecule has 7 heteroatoms. The number of fused-ring (bicyclic) bond motifs is 3. The summed E-state index contributed by atoms with van der Waals surface area (Å²) in [7, 11) is 1.93. The SMILES string of the molecule is Cc1cc2ncc(C(=O)N(C)C3CC4CCC(C3)N4)c(C)n2n1.Cl. The van der Waals surface area contributed by atoms with Crippen LogP contribution in [0, 0.1) is 13.8 Å². The standard InChI is InChI=1S/C17H23N5O.ClH/c1-10-6-16-18-9-15(11(2)22(16)20-10)17(23)21(3)14-7-12-4-5-13(8-14)19-12;/h6,9,12-14,19H,4-5,7-8H2,1-3H3;1H. The number of nitrogens with zero attached hydrogens (tertiary/aromatic N) is 4. The van der Waals surface area contributed by atoms with Gasteiger partial charge in [0.05, 0.1) is 17.0 Å². The normalized spacial score (nSPS) is 25.5. The number of carbonyl (C=O) groups excluding carboxylic acids is 1. The maximum absolute atomic E-state index is 13.0. The van der Waals surface area contributed by atoms with Crippen LogP contribution in [0.1, 0.15) is 47.4 Å². The van der Waals surface area contributed by atoms with Crippen LogP contribution in [0.3, 0.4) is 0 Å². The van der Waals surface area contributed by atoms with E-state index in [1.54, 1.807) is 10.7 Å². The van der Waals surface area contributed by atoms with Crippen LogP contribution < -0.4 is 5.32 Å². The minimum absolute atomic E-state index is 0. The summed E-state index contributed by atoms with van der Waals surface area (Å²) in [5.41, 5.74) is 3.21. The topological polar surface area (TPSA) is 62.5 Å². The van der Waals surface area contributed by atoms with Crippen LogP contribution >= 0.6 is 12.4 Å². The molecular formula is C17H24ClN5O. The molecule has 2 saturated heterocycles. The van der Waals surface area contributed by atoms with Crippen molar-refractivity contribution in [3.8, 4) is 0 Å². The first kappa shape index (κ1) is 17.2. The molecule has 2 aromatic heterocycles. The molecule has 2 aliphatic heterocycles. The van der Waals surface area contributed by atoms with E-state index in [1.165, 1.54) is 12.8 Å². The number of piperidine rings is 1. The summed E-state index contributed by atoms with van der Waals surface area (Å²) in [5.74, 6) is 0.0522. The molecule has 130 valence electrons. The van der Waals surface area contributed by atoms with E-state index in [9.17, 15) is 4.79 Å². The highest BCUT2D eigenvalue weighted by molar-refractivity contribution is 5.95. The Bertz CT molecular complexity index is 762. The Kier molecular flexibility index (Phi) is 4.53. The van der Waals surface area contributed by atoms with E-state index in [2.05, 4.69) is 15.4 Å². The predicted octanol–water partition coefficient (Wildman–Crippen LogP) is 2.12. The van der Waals surface area contributed by atoms with Gasteiger partial charge in [0, 0.05) is 37.4 Å². The summed E-state index contributed by atoms with van der Waals surface area (Å²) in [4.78, 5) is 19.3. The van der Waals surface area contributed by atoms with E-state index >= 15 is 0 Å². The molecule has 2 atom stereocenters. The molecule has 2 fully saturated rings. The third-order valence-electron chi connectivity index (χ3n) is 5.39. The molecule has 6 nitrogen and oxygen atoms in total. The van der Waals surface area contributed by atoms with Crippen LogP contribution in [0.5, 0.6) is 0 Å². The number of aryl methyl sites for hydroxylation is 2. The van der Waals surface area contributed by atoms with Gasteiger partial charge in [-0.15, -0.1) is 12.4 Å². The Morgan fingerprint density at radius 2 is 1.96 bits per heavy atom. The lowest BCUT2D eigenvalue weighted by Crippen LogP contribution is -2.48. The van der Waals surface area contributed by atoms with Gasteiger partial charge in [-0.1, -0.05) is 0 Å². The van der Waals surface area contributed by atoms with E-state index in [0.717, 1.165) is 29.9 Å². The highest BCUT2D eigenvalue weighted by Crippen LogP contribution is 2.30. The zero-order valence-electron chi connectivity index (χ0n) is 14.3. The molecule has 0 aromatic carbocycles. The molecule has 0 spiro atoms. The summed E-state index contributed by atoms with van der Waals surface area (Å²) in [6.45, 7) is 3.88. The zero-order valence-corrected chi connectivity index (χ0v) is 15.1. The molecular weight excluding hydrogens is 326 g/mol. The highest BCUT2D eigenvalue weighted by Gasteiger charge is 2.36. The molecule has 4 heterocycles. The predicted molar refractivity (Wildman–Crippen MR) is 94.8 cm³/mol. The Morgan fingerprint density at radius 1 is 1.29 bits per heavy atom. The van der Waals surface area contributed by atoms with Gasteiger partial charge in [0.2, 0.25) is 0 Å². The average Bonchev–Trinajstić information content (AvgIpc) is 3.08. The van der Waals surface area contributed by atoms with Crippen LogP contribution in [0.25, 0.3) is 5.65 Å². The second-order valence-corrected chi connectivity index (χ2v) is 6.99. The summed E-state index contributed by atoms with van der Waals surface area (Å²) in [5, 5.41) is 8.06. The Balaban J connectivity index is 0.00000169. The van der Waals surface area contributed by atoms with Crippen molar-refractivity contribution in [2.75, 3.05) is 7.05 Å². The number of nitrogens with one attached hydrogen (secondary N) is 1. The maximum atomic E-state index is 13.0. The molecule has 0 aliphatic carbocycles. The van der Waals surface area contributed by atoms with Crippen LogP contribution in [0.4, 0.5) is 0 Å². The first-order valence-corrected chi connectivity index (χ1v) is 8.38. The van der Waals surface area contributed by atoms with Crippen molar-refractivity contribution in [1.29, 1.82) is 0 Å². The Labute approximate surface area is 148 Å². The first-order chi connectivity index (χ1) is 11.0. The lowest BCUT2D eigenvalue weighted by Gasteiger charge is -2.35. The highest BCUT2D eigenvalue weighted by atomic mass is 35.5. The molecule has 24 heavy (non-hydrogen) atoms. The molecule has 1 N–H and O–H groups in total. The zero-order chi connectivity index (χ0) is 16.1. The second-order valence-electron chi connectivity index (χ2n) is 6.99. The first-order valence-electron chi connectivity index (χ1n) is 8.38. The van der Waals surface area contributed by atoms with Crippen LogP contribution in [-0.4, -0.2) is 50.6 Å². The summed E-state index contributed by atoms with van der Waals surface area (Å²) in [6, 6.07) is 3.39. The number of halogens is 1. The number of hydrogen-bond donors (Lipinski definition) is 1. The van der Waals surface area contributed by atoms with Crippen molar-refractivity contribution < 1.29 is 4.79 Å². The van der Waals surface area contributed by atoms with Crippen molar-refractivity contribution in [3.05, 3.63) is 29.2 Å². The van der Waals surface area contributed by atoms with Crippen LogP contribution in [-0.2, 0) is 0 Å². The largest absolute Gasteiger partial charge is 0.338 e. The van der Waals surface area contributed by atoms with Crippen molar-refractivity contribution in [2.45, 2.75) is 57.7 Å². The lowest BCUT2D eigenvalue weighted by atomic mass is 9.98. The third-order valence-corrected chi connectivity index (χ3v) is 5.39. The van der Waals surface area contributed by atoms with Gasteiger partial charge in [0.1, 0.15) is 0 Å². The van der Waals surface area contributed by atoms with Crippen LogP contribution in [0.15, 0.2) is 12.3 Å². The van der Waals surface area contributed by atoms with Crippen molar-refractivity contribution in [2.24, 2.45) is 0 Å². The molecule has 0 radical (unpaired) electrons.